The molecule has 0 heterocycles. The van der Waals surface area contributed by atoms with Crippen molar-refractivity contribution in [2.24, 2.45) is 5.73 Å². The molecule has 0 fully saturated rings. The van der Waals surface area contributed by atoms with Crippen molar-refractivity contribution in [3.05, 3.63) is 30.3 Å². The topological polar surface area (TPSA) is 61.9 Å². The largest absolute Gasteiger partial charge is 0.386 e. The number of amidine groups is 1. The molecule has 1 rings (SSSR count). The van der Waals surface area contributed by atoms with Crippen LogP contribution in [0.25, 0.3) is 0 Å². The van der Waals surface area contributed by atoms with Crippen LogP contribution in [-0.2, 0) is 0 Å². The van der Waals surface area contributed by atoms with Gasteiger partial charge >= 0.3 is 0 Å². The Morgan fingerprint density at radius 3 is 2.55 bits per heavy atom. The maximum absolute atomic E-state index is 6.96. The van der Waals surface area contributed by atoms with Crippen molar-refractivity contribution in [1.29, 1.82) is 5.41 Å². The van der Waals surface area contributed by atoms with Crippen molar-refractivity contribution in [2.75, 3.05) is 11.9 Å². The lowest BCUT2D eigenvalue weighted by Gasteiger charge is -2.02. The molecule has 3 nitrogen and oxygen atoms in total. The molecule has 0 radical (unpaired) electrons. The van der Waals surface area contributed by atoms with Gasteiger partial charge in [0.1, 0.15) is 5.84 Å². The first-order chi connectivity index (χ1) is 5.29. The van der Waals surface area contributed by atoms with E-state index in [0.717, 1.165) is 5.69 Å². The van der Waals surface area contributed by atoms with Crippen molar-refractivity contribution >= 4 is 11.5 Å². The predicted molar refractivity (Wildman–Crippen MR) is 46.8 cm³/mol. The number of para-hydroxylation sites is 1. The number of nitrogens with one attached hydrogen (secondary N) is 2. The molecule has 0 aliphatic carbocycles. The minimum Gasteiger partial charge on any atom is -0.386 e. The van der Waals surface area contributed by atoms with Gasteiger partial charge in [-0.1, -0.05) is 18.2 Å². The maximum atomic E-state index is 6.96. The van der Waals surface area contributed by atoms with E-state index in [4.69, 9.17) is 11.1 Å². The third-order valence-electron chi connectivity index (χ3n) is 1.26. The first-order valence-electron chi connectivity index (χ1n) is 3.41. The summed E-state index contributed by atoms with van der Waals surface area (Å²) in [7, 11) is 0. The van der Waals surface area contributed by atoms with Crippen LogP contribution >= 0.6 is 0 Å². The van der Waals surface area contributed by atoms with E-state index in [9.17, 15) is 0 Å². The summed E-state index contributed by atoms with van der Waals surface area (Å²) in [4.78, 5) is 0. The van der Waals surface area contributed by atoms with Gasteiger partial charge in [-0.15, -0.1) is 0 Å². The van der Waals surface area contributed by atoms with Crippen molar-refractivity contribution < 1.29 is 0 Å². The zero-order chi connectivity index (χ0) is 8.10. The number of rotatable bonds is 3. The minimum atomic E-state index is 0.147. The van der Waals surface area contributed by atoms with Gasteiger partial charge in [0.15, 0.2) is 0 Å². The number of benzene rings is 1. The Kier molecular flexibility index (Phi) is 2.49. The summed E-state index contributed by atoms with van der Waals surface area (Å²) in [6.45, 7) is 0.407. The van der Waals surface area contributed by atoms with Crippen LogP contribution in [-0.4, -0.2) is 12.4 Å². The standard InChI is InChI=1S/C8H11N3/c9-8(10)6-11-7-4-2-1-3-5-7/h1-5,11H,6H2,(H3,9,10). The Hall–Kier alpha value is -1.51. The molecule has 0 bridgehead atoms. The molecule has 0 aliphatic heterocycles. The summed E-state index contributed by atoms with van der Waals surface area (Å²) in [6.07, 6.45) is 0. The normalized spacial score (nSPS) is 9.09. The number of hydrogen-bond donors (Lipinski definition) is 3. The van der Waals surface area contributed by atoms with Crippen LogP contribution in [0.3, 0.4) is 0 Å². The summed E-state index contributed by atoms with van der Waals surface area (Å²) < 4.78 is 0. The highest BCUT2D eigenvalue weighted by Crippen LogP contribution is 2.03. The van der Waals surface area contributed by atoms with Gasteiger partial charge in [0.05, 0.1) is 6.54 Å². The molecule has 11 heavy (non-hydrogen) atoms. The molecule has 3 heteroatoms. The van der Waals surface area contributed by atoms with Gasteiger partial charge in [-0.05, 0) is 12.1 Å². The Morgan fingerprint density at radius 2 is 2.00 bits per heavy atom. The summed E-state index contributed by atoms with van der Waals surface area (Å²) in [5, 5.41) is 9.95. The van der Waals surface area contributed by atoms with Crippen molar-refractivity contribution in [3.8, 4) is 0 Å². The van der Waals surface area contributed by atoms with E-state index in [1.165, 1.54) is 0 Å². The van der Waals surface area contributed by atoms with E-state index in [1.807, 2.05) is 30.3 Å². The Balaban J connectivity index is 2.45. The highest BCUT2D eigenvalue weighted by molar-refractivity contribution is 5.81. The molecule has 0 saturated carbocycles. The van der Waals surface area contributed by atoms with Crippen LogP contribution in [0, 0.1) is 5.41 Å². The fourth-order valence-corrected chi connectivity index (χ4v) is 0.753. The minimum absolute atomic E-state index is 0.147. The highest BCUT2D eigenvalue weighted by atomic mass is 14.9. The quantitative estimate of drug-likeness (QED) is 0.444. The number of anilines is 1. The van der Waals surface area contributed by atoms with Gasteiger partial charge in [-0.2, -0.15) is 0 Å². The third-order valence-corrected chi connectivity index (χ3v) is 1.26. The van der Waals surface area contributed by atoms with E-state index >= 15 is 0 Å². The van der Waals surface area contributed by atoms with Crippen LogP contribution in [0.5, 0.6) is 0 Å². The van der Waals surface area contributed by atoms with Crippen LogP contribution in [0.2, 0.25) is 0 Å². The lowest BCUT2D eigenvalue weighted by atomic mass is 10.3. The summed E-state index contributed by atoms with van der Waals surface area (Å²) >= 11 is 0. The van der Waals surface area contributed by atoms with Crippen LogP contribution in [0.1, 0.15) is 0 Å². The number of nitrogens with two attached hydrogens (primary N) is 1. The van der Waals surface area contributed by atoms with Gasteiger partial charge in [-0.3, -0.25) is 5.41 Å². The lowest BCUT2D eigenvalue weighted by molar-refractivity contribution is 1.29. The molecule has 4 N–H and O–H groups in total. The van der Waals surface area contributed by atoms with Crippen molar-refractivity contribution in [3.63, 3.8) is 0 Å². The lowest BCUT2D eigenvalue weighted by Crippen LogP contribution is -2.20. The molecule has 0 aliphatic rings. The fraction of sp³-hybridized carbons (Fsp3) is 0.125. The maximum Gasteiger partial charge on any atom is 0.110 e. The molecule has 1 aromatic rings. The van der Waals surface area contributed by atoms with Gasteiger partial charge in [0.25, 0.3) is 0 Å². The monoisotopic (exact) mass is 149 g/mol. The van der Waals surface area contributed by atoms with Gasteiger partial charge in [0.2, 0.25) is 0 Å². The molecule has 0 atom stereocenters. The average molecular weight is 149 g/mol. The molecule has 0 saturated heterocycles. The third kappa shape index (κ3) is 2.71. The van der Waals surface area contributed by atoms with E-state index in [0.29, 0.717) is 6.54 Å². The van der Waals surface area contributed by atoms with E-state index < -0.39 is 0 Å². The Labute approximate surface area is 65.7 Å². The van der Waals surface area contributed by atoms with Crippen LogP contribution in [0.4, 0.5) is 5.69 Å². The van der Waals surface area contributed by atoms with Gasteiger partial charge in [-0.25, -0.2) is 0 Å². The smallest absolute Gasteiger partial charge is 0.110 e. The zero-order valence-corrected chi connectivity index (χ0v) is 6.17. The molecule has 1 aromatic carbocycles. The average Bonchev–Trinajstić information content (AvgIpc) is 2.03. The zero-order valence-electron chi connectivity index (χ0n) is 6.17. The first kappa shape index (κ1) is 7.60. The molecule has 0 amide bonds. The summed E-state index contributed by atoms with van der Waals surface area (Å²) in [5.41, 5.74) is 6.15. The van der Waals surface area contributed by atoms with Crippen molar-refractivity contribution in [1.82, 2.24) is 0 Å². The molecule has 58 valence electrons. The van der Waals surface area contributed by atoms with Gasteiger partial charge in [0, 0.05) is 5.69 Å². The predicted octanol–water partition coefficient (Wildman–Crippen LogP) is 1.03. The summed E-state index contributed by atoms with van der Waals surface area (Å²) in [5.74, 6) is 0.147. The molecular formula is C8H11N3. The molecule has 0 spiro atoms. The van der Waals surface area contributed by atoms with Crippen LogP contribution < -0.4 is 11.1 Å². The molecule has 0 unspecified atom stereocenters. The van der Waals surface area contributed by atoms with E-state index in [-0.39, 0.29) is 5.84 Å². The second-order valence-corrected chi connectivity index (χ2v) is 2.24. The van der Waals surface area contributed by atoms with E-state index in [1.54, 1.807) is 0 Å². The second kappa shape index (κ2) is 3.61. The van der Waals surface area contributed by atoms with Crippen molar-refractivity contribution in [2.45, 2.75) is 0 Å². The highest BCUT2D eigenvalue weighted by Gasteiger charge is 1.88. The van der Waals surface area contributed by atoms with Gasteiger partial charge < -0.3 is 11.1 Å². The Morgan fingerprint density at radius 1 is 1.36 bits per heavy atom. The Bertz CT molecular complexity index is 230. The summed E-state index contributed by atoms with van der Waals surface area (Å²) in [6, 6.07) is 9.68. The van der Waals surface area contributed by atoms with Crippen LogP contribution in [0.15, 0.2) is 30.3 Å². The number of hydrogen-bond acceptors (Lipinski definition) is 2. The molecular weight excluding hydrogens is 138 g/mol. The first-order valence-corrected chi connectivity index (χ1v) is 3.41. The molecule has 0 aromatic heterocycles. The SMILES string of the molecule is N=C(N)CNc1ccccc1. The van der Waals surface area contributed by atoms with E-state index in [2.05, 4.69) is 5.32 Å². The fourth-order valence-electron chi connectivity index (χ4n) is 0.753. The second-order valence-electron chi connectivity index (χ2n) is 2.24.